The quantitative estimate of drug-likeness (QED) is 0.0197. The van der Waals surface area contributed by atoms with Crippen LogP contribution in [-0.2, 0) is 27.9 Å². The first-order valence-electron chi connectivity index (χ1n) is 27.7. The summed E-state index contributed by atoms with van der Waals surface area (Å²) in [5.41, 5.74) is 0. The number of carbonyl (C=O) groups is 1. The second-order valence-electron chi connectivity index (χ2n) is 20.0. The Labute approximate surface area is 404 Å². The number of rotatable bonds is 52. The number of esters is 1. The maximum Gasteiger partial charge on any atom is 0.306 e. The Morgan fingerprint density at radius 2 is 0.846 bits per heavy atom. The van der Waals surface area contributed by atoms with Crippen molar-refractivity contribution >= 4 is 13.8 Å². The zero-order chi connectivity index (χ0) is 47.6. The Balaban J connectivity index is 4.08. The predicted molar refractivity (Wildman–Crippen MR) is 277 cm³/mol. The van der Waals surface area contributed by atoms with Gasteiger partial charge in [0.25, 0.3) is 7.82 Å². The lowest BCUT2D eigenvalue weighted by Gasteiger charge is -2.28. The van der Waals surface area contributed by atoms with Crippen molar-refractivity contribution in [3.63, 3.8) is 0 Å². The lowest BCUT2D eigenvalue weighted by Crippen LogP contribution is -2.37. The van der Waals surface area contributed by atoms with Gasteiger partial charge in [0.2, 0.25) is 0 Å². The van der Waals surface area contributed by atoms with E-state index in [1.54, 1.807) is 0 Å². The zero-order valence-corrected chi connectivity index (χ0v) is 44.6. The molecule has 0 saturated heterocycles. The highest BCUT2D eigenvalue weighted by atomic mass is 31.2. The van der Waals surface area contributed by atoms with E-state index in [9.17, 15) is 14.3 Å². The molecule has 0 amide bonds. The summed E-state index contributed by atoms with van der Waals surface area (Å²) < 4.78 is 34.8. The molecule has 384 valence electrons. The van der Waals surface area contributed by atoms with Crippen molar-refractivity contribution in [2.24, 2.45) is 0 Å². The lowest BCUT2D eigenvalue weighted by molar-refractivity contribution is -0.870. The van der Waals surface area contributed by atoms with Crippen molar-refractivity contribution in [2.75, 3.05) is 54.1 Å². The number of hydrogen-bond donors (Lipinski definition) is 0. The second-order valence-corrected chi connectivity index (χ2v) is 21.4. The van der Waals surface area contributed by atoms with Crippen LogP contribution in [0, 0.1) is 0 Å². The van der Waals surface area contributed by atoms with Crippen molar-refractivity contribution in [3.05, 3.63) is 36.5 Å². The molecule has 0 aliphatic carbocycles. The van der Waals surface area contributed by atoms with E-state index in [1.807, 2.05) is 21.1 Å². The van der Waals surface area contributed by atoms with Crippen molar-refractivity contribution < 1.29 is 37.3 Å². The third-order valence-electron chi connectivity index (χ3n) is 12.2. The molecule has 0 N–H and O–H groups in total. The van der Waals surface area contributed by atoms with Crippen LogP contribution in [0.2, 0.25) is 0 Å². The third kappa shape index (κ3) is 53.5. The minimum Gasteiger partial charge on any atom is -0.756 e. The molecule has 0 aromatic heterocycles. The molecular formula is C56H108NO7P. The molecule has 0 radical (unpaired) electrons. The van der Waals surface area contributed by atoms with E-state index >= 15 is 0 Å². The highest BCUT2D eigenvalue weighted by molar-refractivity contribution is 7.45. The highest BCUT2D eigenvalue weighted by Crippen LogP contribution is 2.38. The predicted octanol–water partition coefficient (Wildman–Crippen LogP) is 16.7. The Morgan fingerprint density at radius 1 is 0.477 bits per heavy atom. The molecule has 0 aromatic carbocycles. The molecule has 0 heterocycles. The fraction of sp³-hybridized carbons (Fsp3) is 0.875. The van der Waals surface area contributed by atoms with Gasteiger partial charge in [-0.25, -0.2) is 0 Å². The van der Waals surface area contributed by atoms with Crippen molar-refractivity contribution in [3.8, 4) is 0 Å². The Kier molecular flexibility index (Phi) is 48.2. The number of phosphoric acid groups is 1. The van der Waals surface area contributed by atoms with Gasteiger partial charge in [0, 0.05) is 13.0 Å². The fourth-order valence-electron chi connectivity index (χ4n) is 7.91. The van der Waals surface area contributed by atoms with Gasteiger partial charge in [0.15, 0.2) is 0 Å². The van der Waals surface area contributed by atoms with Gasteiger partial charge in [-0.15, -0.1) is 0 Å². The highest BCUT2D eigenvalue weighted by Gasteiger charge is 2.20. The van der Waals surface area contributed by atoms with Crippen molar-refractivity contribution in [2.45, 2.75) is 264 Å². The van der Waals surface area contributed by atoms with Crippen LogP contribution in [0.25, 0.3) is 0 Å². The molecule has 0 saturated carbocycles. The summed E-state index contributed by atoms with van der Waals surface area (Å²) >= 11 is 0. The van der Waals surface area contributed by atoms with Gasteiger partial charge in [-0.2, -0.15) is 0 Å². The molecule has 0 spiro atoms. The molecule has 9 heteroatoms. The average molecular weight is 938 g/mol. The molecule has 0 aromatic rings. The zero-order valence-electron chi connectivity index (χ0n) is 43.7. The van der Waals surface area contributed by atoms with Crippen LogP contribution < -0.4 is 4.89 Å². The first-order chi connectivity index (χ1) is 31.6. The van der Waals surface area contributed by atoms with Gasteiger partial charge >= 0.3 is 5.97 Å². The number of quaternary nitrogens is 1. The largest absolute Gasteiger partial charge is 0.756 e. The molecule has 0 fully saturated rings. The summed E-state index contributed by atoms with van der Waals surface area (Å²) in [5, 5.41) is 0. The van der Waals surface area contributed by atoms with E-state index in [-0.39, 0.29) is 25.8 Å². The van der Waals surface area contributed by atoms with E-state index in [2.05, 4.69) is 50.3 Å². The number of hydrogen-bond acceptors (Lipinski definition) is 7. The summed E-state index contributed by atoms with van der Waals surface area (Å²) in [7, 11) is 1.36. The van der Waals surface area contributed by atoms with Gasteiger partial charge < -0.3 is 27.9 Å². The van der Waals surface area contributed by atoms with Gasteiger partial charge in [0.1, 0.15) is 19.3 Å². The number of carbonyl (C=O) groups excluding carboxylic acids is 1. The van der Waals surface area contributed by atoms with Crippen LogP contribution in [0.15, 0.2) is 36.5 Å². The molecule has 0 aliphatic heterocycles. The van der Waals surface area contributed by atoms with E-state index in [0.717, 1.165) is 57.8 Å². The monoisotopic (exact) mass is 938 g/mol. The fourth-order valence-corrected chi connectivity index (χ4v) is 8.64. The number of nitrogens with zero attached hydrogens (tertiary/aromatic N) is 1. The number of allylic oxidation sites excluding steroid dienone is 6. The maximum absolute atomic E-state index is 12.8. The summed E-state index contributed by atoms with van der Waals surface area (Å²) in [5.74, 6) is -0.342. The molecule has 2 unspecified atom stereocenters. The van der Waals surface area contributed by atoms with E-state index in [0.29, 0.717) is 24.1 Å². The third-order valence-corrected chi connectivity index (χ3v) is 13.2. The normalized spacial score (nSPS) is 13.8. The molecule has 0 bridgehead atoms. The van der Waals surface area contributed by atoms with Crippen molar-refractivity contribution in [1.82, 2.24) is 0 Å². The molecule has 0 aliphatic rings. The smallest absolute Gasteiger partial charge is 0.306 e. The van der Waals surface area contributed by atoms with E-state index in [4.69, 9.17) is 18.5 Å². The maximum atomic E-state index is 12.8. The Bertz CT molecular complexity index is 1140. The Hall–Kier alpha value is -1.28. The Morgan fingerprint density at radius 3 is 1.29 bits per heavy atom. The first-order valence-corrected chi connectivity index (χ1v) is 29.2. The summed E-state index contributed by atoms with van der Waals surface area (Å²) in [6.45, 7) is 5.42. The topological polar surface area (TPSA) is 94.1 Å². The molecular weight excluding hydrogens is 830 g/mol. The van der Waals surface area contributed by atoms with Gasteiger partial charge in [-0.1, -0.05) is 237 Å². The SMILES string of the molecule is CCCCC/C=C\C/C=C\C/C=C\CCCCCCCCC(=O)OC(COCCCCCCCCCCCCCCCCCCCCCCCCCC)COP(=O)([O-])OCC[N+](C)(C)C. The van der Waals surface area contributed by atoms with Crippen LogP contribution in [-0.4, -0.2) is 70.7 Å². The number of unbranched alkanes of at least 4 members (excludes halogenated alkanes) is 32. The first kappa shape index (κ1) is 63.7. The van der Waals surface area contributed by atoms with Crippen LogP contribution in [0.1, 0.15) is 258 Å². The minimum absolute atomic E-state index is 0.0245. The van der Waals surface area contributed by atoms with Gasteiger partial charge in [0.05, 0.1) is 34.4 Å². The molecule has 0 rings (SSSR count). The van der Waals surface area contributed by atoms with Crippen LogP contribution in [0.4, 0.5) is 0 Å². The minimum atomic E-state index is -4.53. The standard InChI is InChI=1S/C56H108NO7P/c1-6-8-10-12-14-16-18-20-22-24-26-27-28-29-30-32-34-36-38-40-42-44-46-48-51-61-53-55(54-63-65(59,60)62-52-50-57(3,4)5)64-56(58)49-47-45-43-41-39-37-35-33-31-25-23-21-19-17-15-13-11-9-7-2/h15,17,21,23,31,33,55H,6-14,16,18-20,22,24-30,32,34-54H2,1-5H3/b17-15-,23-21-,33-31-. The number of likely N-dealkylation sites (N-methyl/N-ethyl adjacent to an activating group) is 1. The van der Waals surface area contributed by atoms with Crippen LogP contribution in [0.5, 0.6) is 0 Å². The van der Waals surface area contributed by atoms with Crippen LogP contribution in [0.3, 0.4) is 0 Å². The van der Waals surface area contributed by atoms with Crippen molar-refractivity contribution in [1.29, 1.82) is 0 Å². The summed E-state index contributed by atoms with van der Waals surface area (Å²) in [4.78, 5) is 25.2. The number of ether oxygens (including phenoxy) is 2. The second kappa shape index (κ2) is 49.2. The summed E-state index contributed by atoms with van der Waals surface area (Å²) in [6, 6.07) is 0. The van der Waals surface area contributed by atoms with Gasteiger partial charge in [-0.3, -0.25) is 9.36 Å². The van der Waals surface area contributed by atoms with E-state index in [1.165, 1.54) is 180 Å². The van der Waals surface area contributed by atoms with Gasteiger partial charge in [-0.05, 0) is 51.4 Å². The molecule has 2 atom stereocenters. The lowest BCUT2D eigenvalue weighted by atomic mass is 10.0. The number of phosphoric ester groups is 1. The average Bonchev–Trinajstić information content (AvgIpc) is 3.27. The molecule has 65 heavy (non-hydrogen) atoms. The molecule has 8 nitrogen and oxygen atoms in total. The van der Waals surface area contributed by atoms with E-state index < -0.39 is 13.9 Å². The van der Waals surface area contributed by atoms with Crippen LogP contribution >= 0.6 is 7.82 Å². The summed E-state index contributed by atoms with van der Waals surface area (Å²) in [6.07, 6.45) is 60.4.